The summed E-state index contributed by atoms with van der Waals surface area (Å²) in [5.41, 5.74) is 0. The lowest BCUT2D eigenvalue weighted by atomic mass is 10.2. The van der Waals surface area contributed by atoms with Crippen LogP contribution in [0.4, 0.5) is 0 Å². The Kier molecular flexibility index (Phi) is 5.69. The Morgan fingerprint density at radius 1 is 1.31 bits per heavy atom. The number of hydrogen-bond acceptors (Lipinski definition) is 6. The predicted molar refractivity (Wildman–Crippen MR) is 95.9 cm³/mol. The maximum absolute atomic E-state index is 12.7. The smallest absolute Gasteiger partial charge is 0.241 e. The molecule has 0 aliphatic carbocycles. The second-order valence-electron chi connectivity index (χ2n) is 6.59. The molecular weight excluding hydrogens is 358 g/mol. The molecule has 1 saturated heterocycles. The summed E-state index contributed by atoms with van der Waals surface area (Å²) in [7, 11) is -3.85. The molecule has 2 atom stereocenters. The Labute approximate surface area is 153 Å². The molecule has 2 N–H and O–H groups in total. The molecule has 2 aliphatic heterocycles. The molecule has 0 bridgehead atoms. The molecule has 1 amide bonds. The SMILES string of the molecule is CC(NS(=O)(=O)c1ccc2c(c1)OCCCO2)C(=O)N1CCNC[C@H]1C. The van der Waals surface area contributed by atoms with Gasteiger partial charge in [0.2, 0.25) is 15.9 Å². The Morgan fingerprint density at radius 3 is 2.77 bits per heavy atom. The van der Waals surface area contributed by atoms with Crippen molar-refractivity contribution in [1.82, 2.24) is 14.9 Å². The van der Waals surface area contributed by atoms with Crippen LogP contribution in [0.1, 0.15) is 20.3 Å². The average Bonchev–Trinajstić information content (AvgIpc) is 2.86. The van der Waals surface area contributed by atoms with E-state index < -0.39 is 16.1 Å². The maximum atomic E-state index is 12.7. The normalized spacial score (nSPS) is 21.8. The zero-order chi connectivity index (χ0) is 18.7. The highest BCUT2D eigenvalue weighted by Gasteiger charge is 2.30. The van der Waals surface area contributed by atoms with E-state index in [0.29, 0.717) is 44.3 Å². The summed E-state index contributed by atoms with van der Waals surface area (Å²) in [6.07, 6.45) is 0.740. The largest absolute Gasteiger partial charge is 0.490 e. The van der Waals surface area contributed by atoms with Crippen molar-refractivity contribution in [3.63, 3.8) is 0 Å². The fourth-order valence-electron chi connectivity index (χ4n) is 3.08. The summed E-state index contributed by atoms with van der Waals surface area (Å²) in [6, 6.07) is 3.66. The van der Waals surface area contributed by atoms with Crippen LogP contribution in [-0.4, -0.2) is 64.2 Å². The van der Waals surface area contributed by atoms with Crippen LogP contribution < -0.4 is 19.5 Å². The third kappa shape index (κ3) is 4.11. The van der Waals surface area contributed by atoms with E-state index in [1.165, 1.54) is 12.1 Å². The van der Waals surface area contributed by atoms with Crippen LogP contribution in [0.25, 0.3) is 0 Å². The molecule has 1 aromatic carbocycles. The maximum Gasteiger partial charge on any atom is 0.241 e. The lowest BCUT2D eigenvalue weighted by Crippen LogP contribution is -2.57. The van der Waals surface area contributed by atoms with E-state index in [1.807, 2.05) is 6.92 Å². The zero-order valence-corrected chi connectivity index (χ0v) is 15.8. The summed E-state index contributed by atoms with van der Waals surface area (Å²) in [4.78, 5) is 14.4. The topological polar surface area (TPSA) is 97.0 Å². The molecule has 144 valence electrons. The molecule has 2 heterocycles. The second kappa shape index (κ2) is 7.81. The van der Waals surface area contributed by atoms with Gasteiger partial charge in [-0.05, 0) is 26.0 Å². The molecule has 3 rings (SSSR count). The van der Waals surface area contributed by atoms with Gasteiger partial charge in [0.1, 0.15) is 0 Å². The fourth-order valence-corrected chi connectivity index (χ4v) is 4.29. The highest BCUT2D eigenvalue weighted by Crippen LogP contribution is 2.31. The van der Waals surface area contributed by atoms with Gasteiger partial charge in [-0.1, -0.05) is 0 Å². The molecule has 2 aliphatic rings. The number of carbonyl (C=O) groups is 1. The van der Waals surface area contributed by atoms with E-state index in [0.717, 1.165) is 6.42 Å². The van der Waals surface area contributed by atoms with Crippen LogP contribution in [0.15, 0.2) is 23.1 Å². The number of amides is 1. The first-order chi connectivity index (χ1) is 12.4. The van der Waals surface area contributed by atoms with E-state index in [1.54, 1.807) is 17.9 Å². The minimum atomic E-state index is -3.85. The predicted octanol–water partition coefficient (Wildman–Crippen LogP) is 0.335. The first-order valence-electron chi connectivity index (χ1n) is 8.81. The summed E-state index contributed by atoms with van der Waals surface area (Å²) >= 11 is 0. The number of carbonyl (C=O) groups excluding carboxylic acids is 1. The Morgan fingerprint density at radius 2 is 2.04 bits per heavy atom. The minimum Gasteiger partial charge on any atom is -0.490 e. The number of fused-ring (bicyclic) bond motifs is 1. The highest BCUT2D eigenvalue weighted by molar-refractivity contribution is 7.89. The molecule has 0 radical (unpaired) electrons. The first kappa shape index (κ1) is 18.9. The van der Waals surface area contributed by atoms with Gasteiger partial charge in [-0.15, -0.1) is 0 Å². The van der Waals surface area contributed by atoms with Crippen molar-refractivity contribution in [2.45, 2.75) is 37.2 Å². The van der Waals surface area contributed by atoms with E-state index >= 15 is 0 Å². The summed E-state index contributed by atoms with van der Waals surface area (Å²) in [5.74, 6) is 0.706. The van der Waals surface area contributed by atoms with Gasteiger partial charge in [0, 0.05) is 38.2 Å². The van der Waals surface area contributed by atoms with Crippen LogP contribution in [0.2, 0.25) is 0 Å². The molecule has 1 fully saturated rings. The number of sulfonamides is 1. The summed E-state index contributed by atoms with van der Waals surface area (Å²) in [5, 5.41) is 3.21. The van der Waals surface area contributed by atoms with E-state index in [9.17, 15) is 13.2 Å². The van der Waals surface area contributed by atoms with Gasteiger partial charge in [0.05, 0.1) is 24.2 Å². The lowest BCUT2D eigenvalue weighted by molar-refractivity contribution is -0.135. The van der Waals surface area contributed by atoms with E-state index in [2.05, 4.69) is 10.0 Å². The van der Waals surface area contributed by atoms with Gasteiger partial charge in [0.15, 0.2) is 11.5 Å². The highest BCUT2D eigenvalue weighted by atomic mass is 32.2. The van der Waals surface area contributed by atoms with Gasteiger partial charge < -0.3 is 19.7 Å². The van der Waals surface area contributed by atoms with Crippen LogP contribution in [0.3, 0.4) is 0 Å². The van der Waals surface area contributed by atoms with Crippen molar-refractivity contribution < 1.29 is 22.7 Å². The van der Waals surface area contributed by atoms with Gasteiger partial charge in [-0.25, -0.2) is 8.42 Å². The number of ether oxygens (including phenoxy) is 2. The van der Waals surface area contributed by atoms with Crippen molar-refractivity contribution in [2.24, 2.45) is 0 Å². The third-order valence-corrected chi connectivity index (χ3v) is 6.05. The van der Waals surface area contributed by atoms with Crippen molar-refractivity contribution in [1.29, 1.82) is 0 Å². The average molecular weight is 383 g/mol. The number of rotatable bonds is 4. The second-order valence-corrected chi connectivity index (χ2v) is 8.30. The number of nitrogens with one attached hydrogen (secondary N) is 2. The van der Waals surface area contributed by atoms with Crippen LogP contribution in [0, 0.1) is 0 Å². The molecule has 26 heavy (non-hydrogen) atoms. The quantitative estimate of drug-likeness (QED) is 0.778. The van der Waals surface area contributed by atoms with Crippen molar-refractivity contribution in [3.8, 4) is 11.5 Å². The molecule has 0 saturated carbocycles. The van der Waals surface area contributed by atoms with Gasteiger partial charge >= 0.3 is 0 Å². The number of piperazine rings is 1. The monoisotopic (exact) mass is 383 g/mol. The van der Waals surface area contributed by atoms with Crippen molar-refractivity contribution >= 4 is 15.9 Å². The summed E-state index contributed by atoms with van der Waals surface area (Å²) < 4.78 is 38.9. The fraction of sp³-hybridized carbons (Fsp3) is 0.588. The molecular formula is C17H25N3O5S. The van der Waals surface area contributed by atoms with Gasteiger partial charge in [-0.2, -0.15) is 4.72 Å². The molecule has 9 heteroatoms. The molecule has 0 aromatic heterocycles. The molecule has 1 aromatic rings. The molecule has 8 nitrogen and oxygen atoms in total. The van der Waals surface area contributed by atoms with Gasteiger partial charge in [0.25, 0.3) is 0 Å². The lowest BCUT2D eigenvalue weighted by Gasteiger charge is -2.35. The van der Waals surface area contributed by atoms with Crippen molar-refractivity contribution in [3.05, 3.63) is 18.2 Å². The van der Waals surface area contributed by atoms with E-state index in [4.69, 9.17) is 9.47 Å². The van der Waals surface area contributed by atoms with Crippen LogP contribution >= 0.6 is 0 Å². The Hall–Kier alpha value is -1.84. The number of benzene rings is 1. The summed E-state index contributed by atoms with van der Waals surface area (Å²) in [6.45, 7) is 6.49. The van der Waals surface area contributed by atoms with Crippen LogP contribution in [0.5, 0.6) is 11.5 Å². The van der Waals surface area contributed by atoms with Gasteiger partial charge in [-0.3, -0.25) is 4.79 Å². The number of hydrogen-bond donors (Lipinski definition) is 2. The Balaban J connectivity index is 1.74. The van der Waals surface area contributed by atoms with Crippen molar-refractivity contribution in [2.75, 3.05) is 32.8 Å². The molecule has 1 unspecified atom stereocenters. The minimum absolute atomic E-state index is 0.0289. The first-order valence-corrected chi connectivity index (χ1v) is 10.3. The van der Waals surface area contributed by atoms with Crippen LogP contribution in [-0.2, 0) is 14.8 Å². The zero-order valence-electron chi connectivity index (χ0n) is 15.0. The Bertz CT molecular complexity index is 768. The standard InChI is InChI=1S/C17H25N3O5S/c1-12-11-18-6-7-20(12)17(21)13(2)19-26(22,23)14-4-5-15-16(10-14)25-9-3-8-24-15/h4-5,10,12-13,18-19H,3,6-9,11H2,1-2H3/t12-,13?/m1/s1. The number of nitrogens with zero attached hydrogens (tertiary/aromatic N) is 1. The third-order valence-electron chi connectivity index (χ3n) is 4.52. The van der Waals surface area contributed by atoms with E-state index in [-0.39, 0.29) is 16.8 Å². The molecule has 0 spiro atoms.